The number of fused-ring (bicyclic) bond motifs is 1. The lowest BCUT2D eigenvalue weighted by molar-refractivity contribution is 0.0976. The Bertz CT molecular complexity index is 1150. The van der Waals surface area contributed by atoms with E-state index in [1.54, 1.807) is 13.0 Å². The van der Waals surface area contributed by atoms with E-state index in [1.807, 2.05) is 18.3 Å². The predicted molar refractivity (Wildman–Crippen MR) is 135 cm³/mol. The molecule has 0 aliphatic rings. The van der Waals surface area contributed by atoms with E-state index in [0.717, 1.165) is 42.6 Å². The van der Waals surface area contributed by atoms with Crippen LogP contribution in [0.5, 0.6) is 5.75 Å². The van der Waals surface area contributed by atoms with Crippen molar-refractivity contribution in [1.29, 1.82) is 5.41 Å². The summed E-state index contributed by atoms with van der Waals surface area (Å²) in [5, 5.41) is 18.4. The van der Waals surface area contributed by atoms with Crippen molar-refractivity contribution in [3.05, 3.63) is 64.2 Å². The monoisotopic (exact) mass is 464 g/mol. The van der Waals surface area contributed by atoms with Crippen molar-refractivity contribution in [1.82, 2.24) is 20.5 Å². The lowest BCUT2D eigenvalue weighted by Gasteiger charge is -2.17. The molecule has 0 unspecified atom stereocenters. The van der Waals surface area contributed by atoms with Gasteiger partial charge < -0.3 is 25.3 Å². The summed E-state index contributed by atoms with van der Waals surface area (Å²) in [6.45, 7) is 11.1. The van der Waals surface area contributed by atoms with Gasteiger partial charge in [0.05, 0.1) is 6.61 Å². The Morgan fingerprint density at radius 2 is 1.88 bits per heavy atom. The third-order valence-electron chi connectivity index (χ3n) is 5.73. The number of hydrogen-bond donors (Lipinski definition) is 4. The number of rotatable bonds is 12. The fourth-order valence-electron chi connectivity index (χ4n) is 3.74. The number of carbonyl (C=O) groups is 1. The second-order valence-corrected chi connectivity index (χ2v) is 7.81. The number of benzene rings is 2. The number of amides is 1. The minimum Gasteiger partial charge on any atom is -0.491 e. The highest BCUT2D eigenvalue weighted by molar-refractivity contribution is 6.12. The summed E-state index contributed by atoms with van der Waals surface area (Å²) in [6, 6.07) is 9.98. The summed E-state index contributed by atoms with van der Waals surface area (Å²) in [4.78, 5) is 29.3. The van der Waals surface area contributed by atoms with Gasteiger partial charge in [-0.25, -0.2) is 0 Å². The third-order valence-corrected chi connectivity index (χ3v) is 5.73. The zero-order chi connectivity index (χ0) is 24.5. The highest BCUT2D eigenvalue weighted by Crippen LogP contribution is 2.28. The van der Waals surface area contributed by atoms with Crippen LogP contribution in [0.2, 0.25) is 0 Å². The molecule has 9 heteroatoms. The molecule has 1 aromatic heterocycles. The van der Waals surface area contributed by atoms with Crippen LogP contribution in [-0.2, 0) is 6.54 Å². The highest BCUT2D eigenvalue weighted by Gasteiger charge is 2.14. The number of aromatic nitrogens is 1. The third kappa shape index (κ3) is 6.06. The van der Waals surface area contributed by atoms with Crippen LogP contribution in [0.25, 0.3) is 10.9 Å². The van der Waals surface area contributed by atoms with Gasteiger partial charge in [0.2, 0.25) is 0 Å². The summed E-state index contributed by atoms with van der Waals surface area (Å²) in [6.07, 6.45) is 1.97. The second-order valence-electron chi connectivity index (χ2n) is 7.81. The molecule has 34 heavy (non-hydrogen) atoms. The number of nitroso groups, excluding NO2 is 1. The smallest absolute Gasteiger partial charge is 0.256 e. The van der Waals surface area contributed by atoms with E-state index >= 15 is 0 Å². The molecule has 1 amide bonds. The van der Waals surface area contributed by atoms with Gasteiger partial charge in [-0.3, -0.25) is 10.2 Å². The van der Waals surface area contributed by atoms with Crippen molar-refractivity contribution in [3.63, 3.8) is 0 Å². The molecule has 0 fully saturated rings. The Hall–Kier alpha value is -3.56. The molecule has 2 aromatic carbocycles. The molecule has 4 N–H and O–H groups in total. The SMILES string of the molecule is CCOc1cc(C(=O)NC(=N)c2ccc3[nH]cc(CNCCN(CC)CC)c3c2)ccc1N=O. The number of aromatic amines is 1. The molecule has 1 heterocycles. The Morgan fingerprint density at radius 3 is 2.59 bits per heavy atom. The van der Waals surface area contributed by atoms with Gasteiger partial charge in [-0.2, -0.15) is 0 Å². The maximum absolute atomic E-state index is 12.7. The van der Waals surface area contributed by atoms with Crippen molar-refractivity contribution in [3.8, 4) is 5.75 Å². The quantitative estimate of drug-likeness (QED) is 0.139. The second kappa shape index (κ2) is 12.1. The molecular formula is C25H32N6O3. The molecule has 0 saturated heterocycles. The first-order valence-electron chi connectivity index (χ1n) is 11.5. The lowest BCUT2D eigenvalue weighted by atomic mass is 10.1. The molecule has 0 spiro atoms. The van der Waals surface area contributed by atoms with E-state index < -0.39 is 5.91 Å². The van der Waals surface area contributed by atoms with Crippen LogP contribution >= 0.6 is 0 Å². The Balaban J connectivity index is 1.68. The number of ether oxygens (including phenoxy) is 1. The zero-order valence-electron chi connectivity index (χ0n) is 19.9. The normalized spacial score (nSPS) is 11.1. The van der Waals surface area contributed by atoms with Crippen LogP contribution in [0.15, 0.2) is 47.8 Å². The minimum atomic E-state index is -0.462. The Morgan fingerprint density at radius 1 is 1.12 bits per heavy atom. The lowest BCUT2D eigenvalue weighted by Crippen LogP contribution is -2.31. The van der Waals surface area contributed by atoms with Gasteiger partial charge in [0, 0.05) is 47.9 Å². The van der Waals surface area contributed by atoms with E-state index in [4.69, 9.17) is 10.1 Å². The standard InChI is InChI=1S/C25H32N6O3/c1-4-31(5-2)12-11-27-15-19-16-28-21-9-7-17(13-20(19)21)24(26)29-25(32)18-8-10-22(30-33)23(14-18)34-6-3/h7-10,13-14,16,27-28H,4-6,11-12,15H2,1-3H3,(H2,26,29,32). The number of carbonyl (C=O) groups excluding carboxylic acids is 1. The van der Waals surface area contributed by atoms with Gasteiger partial charge in [-0.1, -0.05) is 13.8 Å². The van der Waals surface area contributed by atoms with Crippen molar-refractivity contribution >= 4 is 28.3 Å². The number of H-pyrrole nitrogens is 1. The van der Waals surface area contributed by atoms with Gasteiger partial charge in [0.1, 0.15) is 17.3 Å². The van der Waals surface area contributed by atoms with Gasteiger partial charge in [0.15, 0.2) is 0 Å². The largest absolute Gasteiger partial charge is 0.491 e. The Kier molecular flexibility index (Phi) is 8.89. The molecule has 3 rings (SSSR count). The van der Waals surface area contributed by atoms with Crippen LogP contribution in [-0.4, -0.2) is 54.4 Å². The minimum absolute atomic E-state index is 0.0101. The molecule has 9 nitrogen and oxygen atoms in total. The molecule has 0 aliphatic carbocycles. The first-order valence-corrected chi connectivity index (χ1v) is 11.5. The molecule has 3 aromatic rings. The average molecular weight is 465 g/mol. The maximum Gasteiger partial charge on any atom is 0.256 e. The van der Waals surface area contributed by atoms with E-state index in [2.05, 4.69) is 39.5 Å². The number of nitrogens with zero attached hydrogens (tertiary/aromatic N) is 2. The molecular weight excluding hydrogens is 432 g/mol. The van der Waals surface area contributed by atoms with Crippen molar-refractivity contribution in [2.24, 2.45) is 5.18 Å². The summed E-state index contributed by atoms with van der Waals surface area (Å²) < 4.78 is 5.39. The molecule has 0 saturated carbocycles. The molecule has 0 aliphatic heterocycles. The number of likely N-dealkylation sites (N-methyl/N-ethyl adjacent to an activating group) is 1. The Labute approximate surface area is 199 Å². The first kappa shape index (κ1) is 25.1. The topological polar surface area (TPSA) is 123 Å². The van der Waals surface area contributed by atoms with Crippen molar-refractivity contribution in [2.45, 2.75) is 27.3 Å². The van der Waals surface area contributed by atoms with Crippen molar-refractivity contribution < 1.29 is 9.53 Å². The van der Waals surface area contributed by atoms with Crippen LogP contribution in [0.1, 0.15) is 42.3 Å². The average Bonchev–Trinajstić information content (AvgIpc) is 3.26. The van der Waals surface area contributed by atoms with Crippen LogP contribution in [0.4, 0.5) is 5.69 Å². The number of amidine groups is 1. The van der Waals surface area contributed by atoms with E-state index in [9.17, 15) is 9.70 Å². The molecule has 180 valence electrons. The summed E-state index contributed by atoms with van der Waals surface area (Å²) in [7, 11) is 0. The van der Waals surface area contributed by atoms with Gasteiger partial charge >= 0.3 is 0 Å². The van der Waals surface area contributed by atoms with Crippen LogP contribution in [0, 0.1) is 10.3 Å². The predicted octanol–water partition coefficient (Wildman–Crippen LogP) is 4.15. The van der Waals surface area contributed by atoms with E-state index in [1.165, 1.54) is 18.2 Å². The fraction of sp³-hybridized carbons (Fsp3) is 0.360. The van der Waals surface area contributed by atoms with Crippen molar-refractivity contribution in [2.75, 3.05) is 32.8 Å². The summed E-state index contributed by atoms with van der Waals surface area (Å²) in [5.74, 6) is -0.233. The van der Waals surface area contributed by atoms with Gasteiger partial charge in [0.25, 0.3) is 5.91 Å². The molecule has 0 radical (unpaired) electrons. The van der Waals surface area contributed by atoms with Crippen LogP contribution < -0.4 is 15.4 Å². The number of nitrogens with one attached hydrogen (secondary N) is 4. The first-order chi connectivity index (χ1) is 16.5. The van der Waals surface area contributed by atoms with Gasteiger partial charge in [-0.15, -0.1) is 4.91 Å². The zero-order valence-corrected chi connectivity index (χ0v) is 19.9. The molecule has 0 atom stereocenters. The highest BCUT2D eigenvalue weighted by atomic mass is 16.5. The maximum atomic E-state index is 12.7. The summed E-state index contributed by atoms with van der Waals surface area (Å²) in [5.41, 5.74) is 3.09. The van der Waals surface area contributed by atoms with Gasteiger partial charge in [-0.05, 0) is 67.2 Å². The number of hydrogen-bond acceptors (Lipinski definition) is 7. The van der Waals surface area contributed by atoms with E-state index in [-0.39, 0.29) is 22.8 Å². The van der Waals surface area contributed by atoms with E-state index in [0.29, 0.717) is 18.7 Å². The van der Waals surface area contributed by atoms with Crippen LogP contribution in [0.3, 0.4) is 0 Å². The fourth-order valence-corrected chi connectivity index (χ4v) is 3.74. The molecule has 0 bridgehead atoms. The summed E-state index contributed by atoms with van der Waals surface area (Å²) >= 11 is 0.